The van der Waals surface area contributed by atoms with Gasteiger partial charge in [-0.25, -0.2) is 9.97 Å². The van der Waals surface area contributed by atoms with Crippen LogP contribution < -0.4 is 10.2 Å². The second-order valence-corrected chi connectivity index (χ2v) is 5.80. The van der Waals surface area contributed by atoms with E-state index < -0.39 is 0 Å². The number of hydrogen-bond acceptors (Lipinski definition) is 6. The molecule has 21 heavy (non-hydrogen) atoms. The van der Waals surface area contributed by atoms with Crippen LogP contribution in [0.2, 0.25) is 0 Å². The summed E-state index contributed by atoms with van der Waals surface area (Å²) in [5.41, 5.74) is 2.21. The molecule has 3 rings (SSSR count). The number of para-hydroxylation sites is 1. The van der Waals surface area contributed by atoms with Crippen LogP contribution in [0, 0.1) is 6.92 Å². The van der Waals surface area contributed by atoms with E-state index in [1.54, 1.807) is 0 Å². The highest BCUT2D eigenvalue weighted by Gasteiger charge is 2.08. The minimum atomic E-state index is 0.707. The van der Waals surface area contributed by atoms with Gasteiger partial charge >= 0.3 is 0 Å². The Balaban J connectivity index is 1.95. The maximum absolute atomic E-state index is 4.67. The summed E-state index contributed by atoms with van der Waals surface area (Å²) in [5, 5.41) is 5.35. The van der Waals surface area contributed by atoms with Crippen molar-refractivity contribution in [2.75, 3.05) is 24.3 Å². The van der Waals surface area contributed by atoms with E-state index in [0.29, 0.717) is 6.54 Å². The van der Waals surface area contributed by atoms with Crippen LogP contribution >= 0.6 is 11.5 Å². The highest BCUT2D eigenvalue weighted by atomic mass is 32.1. The highest BCUT2D eigenvalue weighted by molar-refractivity contribution is 7.09. The topological polar surface area (TPSA) is 53.9 Å². The van der Waals surface area contributed by atoms with Crippen LogP contribution in [0.4, 0.5) is 10.9 Å². The van der Waals surface area contributed by atoms with Crippen molar-refractivity contribution in [3.8, 4) is 0 Å². The molecular weight excluding hydrogens is 282 g/mol. The van der Waals surface area contributed by atoms with Gasteiger partial charge in [0.15, 0.2) is 0 Å². The molecular formula is C15H17N5S. The van der Waals surface area contributed by atoms with E-state index in [9.17, 15) is 0 Å². The van der Waals surface area contributed by atoms with Gasteiger partial charge in [0.2, 0.25) is 5.13 Å². The van der Waals surface area contributed by atoms with Gasteiger partial charge in [-0.2, -0.15) is 4.37 Å². The Morgan fingerprint density at radius 1 is 1.19 bits per heavy atom. The summed E-state index contributed by atoms with van der Waals surface area (Å²) in [7, 11) is 4.00. The molecule has 0 spiro atoms. The van der Waals surface area contributed by atoms with Crippen molar-refractivity contribution in [1.82, 2.24) is 14.3 Å². The summed E-state index contributed by atoms with van der Waals surface area (Å²) in [5.74, 6) is 1.76. The first kappa shape index (κ1) is 13.8. The Morgan fingerprint density at radius 3 is 2.71 bits per heavy atom. The summed E-state index contributed by atoms with van der Waals surface area (Å²) in [4.78, 5) is 11.0. The lowest BCUT2D eigenvalue weighted by molar-refractivity contribution is 1.06. The summed E-state index contributed by atoms with van der Waals surface area (Å²) in [6.07, 6.45) is 0. The molecule has 6 heteroatoms. The number of aromatic nitrogens is 3. The fraction of sp³-hybridized carbons (Fsp3) is 0.267. The molecule has 108 valence electrons. The Labute approximate surface area is 127 Å². The summed E-state index contributed by atoms with van der Waals surface area (Å²) < 4.78 is 4.18. The van der Waals surface area contributed by atoms with Crippen LogP contribution in [-0.4, -0.2) is 28.4 Å². The molecule has 0 amide bonds. The summed E-state index contributed by atoms with van der Waals surface area (Å²) in [6.45, 7) is 2.60. The van der Waals surface area contributed by atoms with Gasteiger partial charge < -0.3 is 10.2 Å². The third-order valence-corrected chi connectivity index (χ3v) is 3.97. The molecule has 0 radical (unpaired) electrons. The van der Waals surface area contributed by atoms with Crippen LogP contribution in [0.3, 0.4) is 0 Å². The number of nitrogens with zero attached hydrogens (tertiary/aromatic N) is 4. The zero-order chi connectivity index (χ0) is 14.8. The fourth-order valence-corrected chi connectivity index (χ4v) is 2.72. The van der Waals surface area contributed by atoms with Crippen molar-refractivity contribution in [1.29, 1.82) is 0 Å². The van der Waals surface area contributed by atoms with Crippen molar-refractivity contribution in [3.05, 3.63) is 41.7 Å². The Morgan fingerprint density at radius 2 is 2.00 bits per heavy atom. The van der Waals surface area contributed by atoms with E-state index in [0.717, 1.165) is 27.7 Å². The van der Waals surface area contributed by atoms with E-state index in [1.165, 1.54) is 17.1 Å². The average Bonchev–Trinajstić information content (AvgIpc) is 2.90. The second-order valence-electron chi connectivity index (χ2n) is 5.05. The zero-order valence-electron chi connectivity index (χ0n) is 12.3. The van der Waals surface area contributed by atoms with Crippen LogP contribution in [0.25, 0.3) is 10.9 Å². The molecule has 1 N–H and O–H groups in total. The van der Waals surface area contributed by atoms with Crippen LogP contribution in [-0.2, 0) is 6.54 Å². The van der Waals surface area contributed by atoms with Gasteiger partial charge in [-0.1, -0.05) is 18.2 Å². The Hall–Kier alpha value is -2.21. The smallest absolute Gasteiger partial charge is 0.202 e. The Bertz CT molecular complexity index is 766. The van der Waals surface area contributed by atoms with Crippen LogP contribution in [0.1, 0.15) is 11.4 Å². The molecule has 0 aliphatic carbocycles. The molecule has 0 unspecified atom stereocenters. The zero-order valence-corrected chi connectivity index (χ0v) is 13.1. The maximum Gasteiger partial charge on any atom is 0.202 e. The average molecular weight is 299 g/mol. The van der Waals surface area contributed by atoms with Gasteiger partial charge in [0, 0.05) is 37.6 Å². The summed E-state index contributed by atoms with van der Waals surface area (Å²) in [6, 6.07) is 10.3. The molecule has 0 aliphatic heterocycles. The van der Waals surface area contributed by atoms with Gasteiger partial charge in [-0.15, -0.1) is 0 Å². The largest absolute Gasteiger partial charge is 0.363 e. The normalized spacial score (nSPS) is 10.8. The number of aryl methyl sites for hydroxylation is 1. The molecule has 3 aromatic rings. The molecule has 0 aliphatic rings. The summed E-state index contributed by atoms with van der Waals surface area (Å²) >= 11 is 1.39. The minimum absolute atomic E-state index is 0.707. The molecule has 0 bridgehead atoms. The second kappa shape index (κ2) is 5.65. The van der Waals surface area contributed by atoms with Crippen molar-refractivity contribution in [2.24, 2.45) is 0 Å². The number of rotatable bonds is 4. The van der Waals surface area contributed by atoms with Gasteiger partial charge in [0.05, 0.1) is 5.52 Å². The standard InChI is InChI=1S/C15H17N5S/c1-10-17-15(21-19-10)16-9-11-8-14(20(2)3)18-13-7-5-4-6-12(11)13/h4-8H,9H2,1-3H3,(H,16,17,19). The number of hydrogen-bond donors (Lipinski definition) is 1. The molecule has 0 saturated heterocycles. The van der Waals surface area contributed by atoms with E-state index in [1.807, 2.05) is 44.1 Å². The van der Waals surface area contributed by atoms with E-state index in [4.69, 9.17) is 0 Å². The lowest BCUT2D eigenvalue weighted by atomic mass is 10.1. The maximum atomic E-state index is 4.67. The van der Waals surface area contributed by atoms with Crippen LogP contribution in [0.5, 0.6) is 0 Å². The first-order valence-corrected chi connectivity index (χ1v) is 7.51. The van der Waals surface area contributed by atoms with Gasteiger partial charge in [-0.05, 0) is 24.6 Å². The Kier molecular flexibility index (Phi) is 3.70. The lowest BCUT2D eigenvalue weighted by Crippen LogP contribution is -2.12. The molecule has 5 nitrogen and oxygen atoms in total. The molecule has 0 atom stereocenters. The third-order valence-electron chi connectivity index (χ3n) is 3.20. The number of benzene rings is 1. The van der Waals surface area contributed by atoms with Crippen molar-refractivity contribution >= 4 is 33.4 Å². The minimum Gasteiger partial charge on any atom is -0.363 e. The number of anilines is 2. The van der Waals surface area contributed by atoms with Gasteiger partial charge in [-0.3, -0.25) is 0 Å². The third kappa shape index (κ3) is 2.95. The van der Waals surface area contributed by atoms with Gasteiger partial charge in [0.25, 0.3) is 0 Å². The molecule has 2 heterocycles. The van der Waals surface area contributed by atoms with Gasteiger partial charge in [0.1, 0.15) is 11.6 Å². The fourth-order valence-electron chi connectivity index (χ4n) is 2.15. The number of fused-ring (bicyclic) bond motifs is 1. The first-order chi connectivity index (χ1) is 10.1. The van der Waals surface area contributed by atoms with Crippen molar-refractivity contribution in [2.45, 2.75) is 13.5 Å². The quantitative estimate of drug-likeness (QED) is 0.802. The highest BCUT2D eigenvalue weighted by Crippen LogP contribution is 2.23. The number of nitrogens with one attached hydrogen (secondary N) is 1. The number of pyridine rings is 1. The molecule has 2 aromatic heterocycles. The van der Waals surface area contributed by atoms with E-state index in [-0.39, 0.29) is 0 Å². The predicted molar refractivity (Wildman–Crippen MR) is 88.0 cm³/mol. The SMILES string of the molecule is Cc1nsc(NCc2cc(N(C)C)nc3ccccc23)n1. The molecule has 0 saturated carbocycles. The monoisotopic (exact) mass is 299 g/mol. The molecule has 0 fully saturated rings. The lowest BCUT2D eigenvalue weighted by Gasteiger charge is -2.15. The first-order valence-electron chi connectivity index (χ1n) is 6.73. The molecule has 1 aromatic carbocycles. The van der Waals surface area contributed by atoms with Crippen LogP contribution in [0.15, 0.2) is 30.3 Å². The van der Waals surface area contributed by atoms with E-state index in [2.05, 4.69) is 31.8 Å². The van der Waals surface area contributed by atoms with Crippen molar-refractivity contribution in [3.63, 3.8) is 0 Å². The van der Waals surface area contributed by atoms with E-state index >= 15 is 0 Å². The predicted octanol–water partition coefficient (Wildman–Crippen LogP) is 3.07. The van der Waals surface area contributed by atoms with Crippen molar-refractivity contribution < 1.29 is 0 Å².